The lowest BCUT2D eigenvalue weighted by atomic mass is 10.4. The van der Waals surface area contributed by atoms with E-state index in [2.05, 4.69) is 16.9 Å². The molecule has 2 heteroatoms. The number of aliphatic imine (C=N–C) groups is 1. The fraction of sp³-hybridized carbons (Fsp3) is 0.444. The Morgan fingerprint density at radius 3 is 2.36 bits per heavy atom. The van der Waals surface area contributed by atoms with Crippen LogP contribution in [0.1, 0.15) is 20.8 Å². The van der Waals surface area contributed by atoms with Crippen molar-refractivity contribution in [1.29, 1.82) is 0 Å². The third kappa shape index (κ3) is 12.2. The Morgan fingerprint density at radius 1 is 1.45 bits per heavy atom. The van der Waals surface area contributed by atoms with Gasteiger partial charge >= 0.3 is 0 Å². The van der Waals surface area contributed by atoms with Gasteiger partial charge in [-0.2, -0.15) is 0 Å². The van der Waals surface area contributed by atoms with Crippen molar-refractivity contribution in [3.05, 3.63) is 25.1 Å². The third-order valence-electron chi connectivity index (χ3n) is 0.815. The maximum atomic E-state index is 3.99. The van der Waals surface area contributed by atoms with E-state index in [-0.39, 0.29) is 0 Å². The van der Waals surface area contributed by atoms with Gasteiger partial charge < -0.3 is 5.32 Å². The first-order valence-electron chi connectivity index (χ1n) is 3.80. The van der Waals surface area contributed by atoms with Crippen LogP contribution in [0, 0.1) is 0 Å². The first-order chi connectivity index (χ1) is 5.31. The Hall–Kier alpha value is -1.05. The second kappa shape index (κ2) is 11.7. The molecule has 0 aromatic carbocycles. The standard InChI is InChI=1S/C7H12N2.C2H6/c1-4-7(2)9-6-5-8-3;1-2/h4-6,8H,1H2,2-3H3;1-2H3/b6-5+,9-7?;. The van der Waals surface area contributed by atoms with Crippen LogP contribution in [0.3, 0.4) is 0 Å². The van der Waals surface area contributed by atoms with E-state index in [0.29, 0.717) is 0 Å². The van der Waals surface area contributed by atoms with Crippen molar-refractivity contribution in [2.75, 3.05) is 7.05 Å². The quantitative estimate of drug-likeness (QED) is 0.620. The highest BCUT2D eigenvalue weighted by Gasteiger charge is 1.72. The number of allylic oxidation sites excluding steroid dienone is 1. The number of rotatable bonds is 3. The summed E-state index contributed by atoms with van der Waals surface area (Å²) in [5, 5.41) is 2.83. The molecule has 0 atom stereocenters. The Balaban J connectivity index is 0. The van der Waals surface area contributed by atoms with E-state index in [1.807, 2.05) is 27.8 Å². The van der Waals surface area contributed by atoms with Crippen molar-refractivity contribution in [3.8, 4) is 0 Å². The smallest absolute Gasteiger partial charge is 0.0427 e. The normalized spacial score (nSPS) is 10.4. The summed E-state index contributed by atoms with van der Waals surface area (Å²) in [5.41, 5.74) is 0.918. The zero-order valence-electron chi connectivity index (χ0n) is 7.89. The Morgan fingerprint density at radius 2 is 2.00 bits per heavy atom. The molecule has 0 spiro atoms. The van der Waals surface area contributed by atoms with Gasteiger partial charge in [0, 0.05) is 25.2 Å². The lowest BCUT2D eigenvalue weighted by Crippen LogP contribution is -1.90. The number of nitrogens with one attached hydrogen (secondary N) is 1. The third-order valence-corrected chi connectivity index (χ3v) is 0.815. The van der Waals surface area contributed by atoms with Gasteiger partial charge in [-0.05, 0) is 13.0 Å². The molecule has 0 unspecified atom stereocenters. The van der Waals surface area contributed by atoms with Crippen LogP contribution in [0.2, 0.25) is 0 Å². The average molecular weight is 154 g/mol. The molecular formula is C9H18N2. The molecule has 0 bridgehead atoms. The van der Waals surface area contributed by atoms with E-state index in [1.54, 1.807) is 18.5 Å². The van der Waals surface area contributed by atoms with Crippen LogP contribution in [-0.4, -0.2) is 12.8 Å². The van der Waals surface area contributed by atoms with Gasteiger partial charge in [-0.15, -0.1) is 0 Å². The molecule has 2 nitrogen and oxygen atoms in total. The summed E-state index contributed by atoms with van der Waals surface area (Å²) in [6, 6.07) is 0. The van der Waals surface area contributed by atoms with Crippen molar-refractivity contribution in [2.24, 2.45) is 4.99 Å². The molecule has 0 rings (SSSR count). The summed E-state index contributed by atoms with van der Waals surface area (Å²) in [4.78, 5) is 3.99. The zero-order valence-corrected chi connectivity index (χ0v) is 7.89. The second-order valence-corrected chi connectivity index (χ2v) is 1.58. The zero-order chi connectivity index (χ0) is 9.11. The first kappa shape index (κ1) is 12.6. The van der Waals surface area contributed by atoms with Crippen molar-refractivity contribution >= 4 is 5.71 Å². The van der Waals surface area contributed by atoms with Gasteiger partial charge in [0.25, 0.3) is 0 Å². The summed E-state index contributed by atoms with van der Waals surface area (Å²) >= 11 is 0. The van der Waals surface area contributed by atoms with Gasteiger partial charge in [0.2, 0.25) is 0 Å². The molecule has 0 saturated carbocycles. The fourth-order valence-electron chi connectivity index (χ4n) is 0.282. The Labute approximate surface area is 69.7 Å². The van der Waals surface area contributed by atoms with Gasteiger partial charge in [0.15, 0.2) is 0 Å². The van der Waals surface area contributed by atoms with E-state index in [0.717, 1.165) is 5.71 Å². The maximum Gasteiger partial charge on any atom is 0.0427 e. The van der Waals surface area contributed by atoms with Crippen LogP contribution in [0.25, 0.3) is 0 Å². The SMILES string of the molecule is C=CC(C)=N/C=C/NC.CC. The number of nitrogens with zero attached hydrogens (tertiary/aromatic N) is 1. The highest BCUT2D eigenvalue weighted by Crippen LogP contribution is 1.78. The number of hydrogen-bond donors (Lipinski definition) is 1. The van der Waals surface area contributed by atoms with E-state index in [9.17, 15) is 0 Å². The molecule has 0 saturated heterocycles. The fourth-order valence-corrected chi connectivity index (χ4v) is 0.282. The Bertz CT molecular complexity index is 134. The lowest BCUT2D eigenvalue weighted by Gasteiger charge is -1.84. The van der Waals surface area contributed by atoms with E-state index < -0.39 is 0 Å². The maximum absolute atomic E-state index is 3.99. The highest BCUT2D eigenvalue weighted by atomic mass is 14.8. The van der Waals surface area contributed by atoms with Crippen LogP contribution in [0.5, 0.6) is 0 Å². The molecule has 0 amide bonds. The molecule has 64 valence electrons. The van der Waals surface area contributed by atoms with Gasteiger partial charge in [-0.25, -0.2) is 0 Å². The van der Waals surface area contributed by atoms with Crippen LogP contribution < -0.4 is 5.32 Å². The van der Waals surface area contributed by atoms with Crippen LogP contribution in [0.4, 0.5) is 0 Å². The summed E-state index contributed by atoms with van der Waals surface area (Å²) in [5.74, 6) is 0. The summed E-state index contributed by atoms with van der Waals surface area (Å²) in [6.07, 6.45) is 5.16. The molecule has 0 aromatic rings. The Kier molecular flexibility index (Phi) is 13.4. The second-order valence-electron chi connectivity index (χ2n) is 1.58. The number of hydrogen-bond acceptors (Lipinski definition) is 2. The van der Waals surface area contributed by atoms with E-state index >= 15 is 0 Å². The molecule has 0 heterocycles. The molecule has 11 heavy (non-hydrogen) atoms. The molecule has 1 N–H and O–H groups in total. The topological polar surface area (TPSA) is 24.4 Å². The van der Waals surface area contributed by atoms with Crippen molar-refractivity contribution in [1.82, 2.24) is 5.32 Å². The van der Waals surface area contributed by atoms with E-state index in [4.69, 9.17) is 0 Å². The molecule has 0 aliphatic carbocycles. The van der Waals surface area contributed by atoms with Gasteiger partial charge in [-0.1, -0.05) is 20.4 Å². The predicted molar refractivity (Wildman–Crippen MR) is 52.9 cm³/mol. The van der Waals surface area contributed by atoms with Crippen LogP contribution >= 0.6 is 0 Å². The summed E-state index contributed by atoms with van der Waals surface area (Å²) in [7, 11) is 1.83. The molecule has 0 radical (unpaired) electrons. The van der Waals surface area contributed by atoms with Crippen molar-refractivity contribution in [2.45, 2.75) is 20.8 Å². The van der Waals surface area contributed by atoms with Crippen molar-refractivity contribution in [3.63, 3.8) is 0 Å². The van der Waals surface area contributed by atoms with Gasteiger partial charge in [-0.3, -0.25) is 4.99 Å². The monoisotopic (exact) mass is 154 g/mol. The largest absolute Gasteiger partial charge is 0.393 e. The minimum atomic E-state index is 0.918. The molecule has 0 aliphatic heterocycles. The summed E-state index contributed by atoms with van der Waals surface area (Å²) < 4.78 is 0. The molecule has 0 aromatic heterocycles. The van der Waals surface area contributed by atoms with Crippen LogP contribution in [0.15, 0.2) is 30.0 Å². The lowest BCUT2D eigenvalue weighted by molar-refractivity contribution is 1.09. The molecule has 0 fully saturated rings. The summed E-state index contributed by atoms with van der Waals surface area (Å²) in [6.45, 7) is 9.45. The molecule has 0 aliphatic rings. The van der Waals surface area contributed by atoms with Crippen molar-refractivity contribution < 1.29 is 0 Å². The predicted octanol–water partition coefficient (Wildman–Crippen LogP) is 2.35. The van der Waals surface area contributed by atoms with Gasteiger partial charge in [0.05, 0.1) is 0 Å². The highest BCUT2D eigenvalue weighted by molar-refractivity contribution is 5.92. The average Bonchev–Trinajstić information content (AvgIpc) is 2.08. The van der Waals surface area contributed by atoms with Crippen LogP contribution in [-0.2, 0) is 0 Å². The minimum Gasteiger partial charge on any atom is -0.393 e. The minimum absolute atomic E-state index is 0.918. The van der Waals surface area contributed by atoms with Gasteiger partial charge in [0.1, 0.15) is 0 Å². The molecular weight excluding hydrogens is 136 g/mol. The van der Waals surface area contributed by atoms with E-state index in [1.165, 1.54) is 0 Å². The first-order valence-corrected chi connectivity index (χ1v) is 3.80.